The number of hydrogen-bond acceptors (Lipinski definition) is 1. The molecule has 4 heteroatoms. The van der Waals surface area contributed by atoms with Crippen LogP contribution in [-0.2, 0) is 6.42 Å². The van der Waals surface area contributed by atoms with Gasteiger partial charge in [-0.1, -0.05) is 29.3 Å². The minimum absolute atomic E-state index is 0. The van der Waals surface area contributed by atoms with E-state index in [1.807, 2.05) is 7.05 Å². The number of hydrogen-bond donors (Lipinski definition) is 2. The molecule has 2 N–H and O–H groups in total. The van der Waals surface area contributed by atoms with Crippen LogP contribution in [0.4, 0.5) is 0 Å². The molecule has 0 heterocycles. The van der Waals surface area contributed by atoms with Crippen molar-refractivity contribution in [1.29, 1.82) is 0 Å². The van der Waals surface area contributed by atoms with E-state index < -0.39 is 0 Å². The van der Waals surface area contributed by atoms with E-state index in [4.69, 9.17) is 0 Å². The Morgan fingerprint density at radius 3 is 2.24 bits per heavy atom. The molecule has 1 aromatic carbocycles. The number of halogens is 1. The molecule has 0 fully saturated rings. The summed E-state index contributed by atoms with van der Waals surface area (Å²) in [5.74, 6) is 0.837. The zero-order chi connectivity index (χ0) is 12.0. The Morgan fingerprint density at radius 2 is 1.76 bits per heavy atom. The second kappa shape index (κ2) is 8.33. The van der Waals surface area contributed by atoms with Crippen molar-refractivity contribution in [3.8, 4) is 0 Å². The van der Waals surface area contributed by atoms with Crippen LogP contribution in [0.5, 0.6) is 0 Å². The van der Waals surface area contributed by atoms with Crippen LogP contribution in [0.25, 0.3) is 0 Å². The highest BCUT2D eigenvalue weighted by Gasteiger charge is 1.97. The van der Waals surface area contributed by atoms with Gasteiger partial charge in [0.25, 0.3) is 0 Å². The van der Waals surface area contributed by atoms with Crippen molar-refractivity contribution in [2.75, 3.05) is 20.6 Å². The van der Waals surface area contributed by atoms with Gasteiger partial charge in [0.15, 0.2) is 5.96 Å². The molecule has 0 saturated heterocycles. The number of aliphatic imine (C=N–C) groups is 1. The van der Waals surface area contributed by atoms with E-state index in [2.05, 4.69) is 47.7 Å². The first-order valence-electron chi connectivity index (χ1n) is 5.61. The Labute approximate surface area is 121 Å². The zero-order valence-electron chi connectivity index (χ0n) is 11.0. The SMILES string of the molecule is CN=C(NC)NCCc1cc(C)cc(C)c1.I. The standard InChI is InChI=1S/C13H21N3.HI/c1-10-7-11(2)9-12(8-10)5-6-16-13(14-3)15-4;/h7-9H,5-6H2,1-4H3,(H2,14,15,16);1H. The van der Waals surface area contributed by atoms with E-state index in [1.165, 1.54) is 16.7 Å². The summed E-state index contributed by atoms with van der Waals surface area (Å²) >= 11 is 0. The molecule has 0 aliphatic carbocycles. The monoisotopic (exact) mass is 347 g/mol. The summed E-state index contributed by atoms with van der Waals surface area (Å²) in [5, 5.41) is 6.25. The van der Waals surface area contributed by atoms with Gasteiger partial charge in [-0.3, -0.25) is 4.99 Å². The lowest BCUT2D eigenvalue weighted by Crippen LogP contribution is -2.35. The van der Waals surface area contributed by atoms with Gasteiger partial charge in [0.05, 0.1) is 0 Å². The molecular weight excluding hydrogens is 325 g/mol. The van der Waals surface area contributed by atoms with Crippen molar-refractivity contribution in [3.05, 3.63) is 34.9 Å². The lowest BCUT2D eigenvalue weighted by atomic mass is 10.1. The minimum Gasteiger partial charge on any atom is -0.359 e. The normalized spacial score (nSPS) is 10.7. The summed E-state index contributed by atoms with van der Waals surface area (Å²) in [4.78, 5) is 4.07. The van der Waals surface area contributed by atoms with E-state index in [9.17, 15) is 0 Å². The highest BCUT2D eigenvalue weighted by Crippen LogP contribution is 2.08. The number of aryl methyl sites for hydroxylation is 2. The number of benzene rings is 1. The molecule has 0 bridgehead atoms. The van der Waals surface area contributed by atoms with Crippen LogP contribution in [-0.4, -0.2) is 26.6 Å². The first-order chi connectivity index (χ1) is 7.65. The molecule has 0 spiro atoms. The third kappa shape index (κ3) is 5.91. The summed E-state index contributed by atoms with van der Waals surface area (Å²) < 4.78 is 0. The van der Waals surface area contributed by atoms with Crippen LogP contribution in [0.15, 0.2) is 23.2 Å². The lowest BCUT2D eigenvalue weighted by Gasteiger charge is -2.09. The summed E-state index contributed by atoms with van der Waals surface area (Å²) in [5.41, 5.74) is 4.03. The highest BCUT2D eigenvalue weighted by atomic mass is 127. The summed E-state index contributed by atoms with van der Waals surface area (Å²) in [7, 11) is 3.64. The summed E-state index contributed by atoms with van der Waals surface area (Å²) in [6, 6.07) is 6.66. The fraction of sp³-hybridized carbons (Fsp3) is 0.462. The van der Waals surface area contributed by atoms with Crippen LogP contribution in [0.3, 0.4) is 0 Å². The fourth-order valence-electron chi connectivity index (χ4n) is 1.82. The Kier molecular flexibility index (Phi) is 7.95. The maximum absolute atomic E-state index is 4.07. The second-order valence-electron chi connectivity index (χ2n) is 3.99. The van der Waals surface area contributed by atoms with E-state index >= 15 is 0 Å². The van der Waals surface area contributed by atoms with Gasteiger partial charge in [-0.05, 0) is 25.8 Å². The Hall–Kier alpha value is -0.780. The molecule has 0 unspecified atom stereocenters. The number of nitrogens with one attached hydrogen (secondary N) is 2. The van der Waals surface area contributed by atoms with Crippen LogP contribution in [0.2, 0.25) is 0 Å². The van der Waals surface area contributed by atoms with Gasteiger partial charge in [0.2, 0.25) is 0 Å². The zero-order valence-corrected chi connectivity index (χ0v) is 13.3. The molecule has 1 aromatic rings. The molecule has 17 heavy (non-hydrogen) atoms. The first-order valence-corrected chi connectivity index (χ1v) is 5.61. The molecule has 3 nitrogen and oxygen atoms in total. The molecule has 96 valence electrons. The smallest absolute Gasteiger partial charge is 0.190 e. The number of rotatable bonds is 3. The Balaban J connectivity index is 0.00000256. The topological polar surface area (TPSA) is 36.4 Å². The van der Waals surface area contributed by atoms with Gasteiger partial charge in [-0.25, -0.2) is 0 Å². The predicted molar refractivity (Wildman–Crippen MR) is 85.5 cm³/mol. The molecule has 0 amide bonds. The van der Waals surface area contributed by atoms with Crippen LogP contribution in [0.1, 0.15) is 16.7 Å². The van der Waals surface area contributed by atoms with E-state index in [-0.39, 0.29) is 24.0 Å². The van der Waals surface area contributed by atoms with Crippen LogP contribution in [0, 0.1) is 13.8 Å². The molecule has 0 aromatic heterocycles. The molecule has 0 atom stereocenters. The molecule has 0 radical (unpaired) electrons. The third-order valence-electron chi connectivity index (χ3n) is 2.45. The average Bonchev–Trinajstić information content (AvgIpc) is 2.23. The molecular formula is C13H22IN3. The third-order valence-corrected chi connectivity index (χ3v) is 2.45. The second-order valence-corrected chi connectivity index (χ2v) is 3.99. The van der Waals surface area contributed by atoms with Gasteiger partial charge in [0, 0.05) is 20.6 Å². The van der Waals surface area contributed by atoms with Gasteiger partial charge < -0.3 is 10.6 Å². The van der Waals surface area contributed by atoms with E-state index in [0.717, 1.165) is 18.9 Å². The maximum atomic E-state index is 4.07. The van der Waals surface area contributed by atoms with Crippen molar-refractivity contribution in [2.45, 2.75) is 20.3 Å². The molecule has 0 saturated carbocycles. The number of nitrogens with zero attached hydrogens (tertiary/aromatic N) is 1. The van der Waals surface area contributed by atoms with Crippen molar-refractivity contribution >= 4 is 29.9 Å². The molecule has 0 aliphatic heterocycles. The highest BCUT2D eigenvalue weighted by molar-refractivity contribution is 14.0. The van der Waals surface area contributed by atoms with Gasteiger partial charge in [0.1, 0.15) is 0 Å². The minimum atomic E-state index is 0. The van der Waals surface area contributed by atoms with Crippen molar-refractivity contribution in [3.63, 3.8) is 0 Å². The average molecular weight is 347 g/mol. The first kappa shape index (κ1) is 16.2. The van der Waals surface area contributed by atoms with Crippen LogP contribution < -0.4 is 10.6 Å². The summed E-state index contributed by atoms with van der Waals surface area (Å²) in [6.07, 6.45) is 1.02. The van der Waals surface area contributed by atoms with Gasteiger partial charge in [-0.2, -0.15) is 0 Å². The van der Waals surface area contributed by atoms with E-state index in [1.54, 1.807) is 7.05 Å². The maximum Gasteiger partial charge on any atom is 0.190 e. The van der Waals surface area contributed by atoms with Crippen molar-refractivity contribution < 1.29 is 0 Å². The summed E-state index contributed by atoms with van der Waals surface area (Å²) in [6.45, 7) is 5.17. The quantitative estimate of drug-likeness (QED) is 0.500. The molecule has 1 rings (SSSR count). The van der Waals surface area contributed by atoms with Gasteiger partial charge >= 0.3 is 0 Å². The van der Waals surface area contributed by atoms with Crippen LogP contribution >= 0.6 is 24.0 Å². The largest absolute Gasteiger partial charge is 0.359 e. The van der Waals surface area contributed by atoms with E-state index in [0.29, 0.717) is 0 Å². The molecule has 0 aliphatic rings. The van der Waals surface area contributed by atoms with Crippen molar-refractivity contribution in [2.24, 2.45) is 4.99 Å². The Morgan fingerprint density at radius 1 is 1.18 bits per heavy atom. The fourth-order valence-corrected chi connectivity index (χ4v) is 1.82. The predicted octanol–water partition coefficient (Wildman–Crippen LogP) is 2.26. The number of guanidine groups is 1. The lowest BCUT2D eigenvalue weighted by molar-refractivity contribution is 0.833. The van der Waals surface area contributed by atoms with Gasteiger partial charge in [-0.15, -0.1) is 24.0 Å². The Bertz CT molecular complexity index is 355. The van der Waals surface area contributed by atoms with Crippen molar-refractivity contribution in [1.82, 2.24) is 10.6 Å².